The van der Waals surface area contributed by atoms with E-state index >= 15 is 0 Å². The van der Waals surface area contributed by atoms with Gasteiger partial charge in [0, 0.05) is 25.3 Å². The second-order valence-electron chi connectivity index (χ2n) is 7.48. The Morgan fingerprint density at radius 3 is 2.60 bits per heavy atom. The van der Waals surface area contributed by atoms with Gasteiger partial charge in [-0.3, -0.25) is 4.79 Å². The Balaban J connectivity index is 1.36. The number of aromatic nitrogens is 2. The lowest BCUT2D eigenvalue weighted by Gasteiger charge is -2.31. The molecule has 0 unspecified atom stereocenters. The maximum absolute atomic E-state index is 12.5. The number of anilines is 1. The Hall–Kier alpha value is -2.68. The molecule has 0 spiro atoms. The lowest BCUT2D eigenvalue weighted by atomic mass is 9.96. The third-order valence-electron chi connectivity index (χ3n) is 5.18. The van der Waals surface area contributed by atoms with E-state index in [1.165, 1.54) is 0 Å². The molecule has 2 N–H and O–H groups in total. The van der Waals surface area contributed by atoms with Crippen molar-refractivity contribution in [1.29, 1.82) is 0 Å². The van der Waals surface area contributed by atoms with Gasteiger partial charge >= 0.3 is 6.03 Å². The number of hydrogen-bond acceptors (Lipinski definition) is 6. The van der Waals surface area contributed by atoms with Crippen LogP contribution in [-0.2, 0) is 0 Å². The number of benzene rings is 1. The van der Waals surface area contributed by atoms with Gasteiger partial charge in [-0.2, -0.15) is 0 Å². The number of nitrogens with zero attached hydrogens (tertiary/aromatic N) is 3. The normalized spacial score (nSPS) is 14.4. The molecule has 30 heavy (non-hydrogen) atoms. The maximum atomic E-state index is 12.5. The number of likely N-dealkylation sites (tertiary alicyclic amines) is 1. The fourth-order valence-electron chi connectivity index (χ4n) is 3.29. The van der Waals surface area contributed by atoms with Crippen molar-refractivity contribution in [1.82, 2.24) is 19.8 Å². The van der Waals surface area contributed by atoms with Crippen molar-refractivity contribution in [2.75, 3.05) is 31.6 Å². The smallest absolute Gasteiger partial charge is 0.319 e. The van der Waals surface area contributed by atoms with E-state index < -0.39 is 0 Å². The SMILES string of the molecule is CCCCOc1ccc(NC(=O)NCC2CCN(C(=O)c3snnc3C)CC2)cc1. The number of rotatable bonds is 8. The fraction of sp³-hybridized carbons (Fsp3) is 0.524. The number of urea groups is 1. The molecular weight excluding hydrogens is 402 g/mol. The lowest BCUT2D eigenvalue weighted by molar-refractivity contribution is 0.0694. The minimum absolute atomic E-state index is 0.00812. The second-order valence-corrected chi connectivity index (χ2v) is 8.24. The number of unbranched alkanes of at least 4 members (excludes halogenated alkanes) is 1. The molecule has 1 aliphatic heterocycles. The Morgan fingerprint density at radius 2 is 1.97 bits per heavy atom. The van der Waals surface area contributed by atoms with Crippen LogP contribution in [0.1, 0.15) is 48.0 Å². The average Bonchev–Trinajstić information content (AvgIpc) is 3.19. The quantitative estimate of drug-likeness (QED) is 0.621. The molecule has 0 bridgehead atoms. The van der Waals surface area contributed by atoms with Gasteiger partial charge < -0.3 is 20.3 Å². The summed E-state index contributed by atoms with van der Waals surface area (Å²) in [5.41, 5.74) is 1.41. The van der Waals surface area contributed by atoms with E-state index in [9.17, 15) is 9.59 Å². The summed E-state index contributed by atoms with van der Waals surface area (Å²) in [5, 5.41) is 9.69. The summed E-state index contributed by atoms with van der Waals surface area (Å²) in [6.07, 6.45) is 3.85. The number of piperidine rings is 1. The first-order valence-corrected chi connectivity index (χ1v) is 11.2. The van der Waals surface area contributed by atoms with E-state index in [1.807, 2.05) is 29.2 Å². The Labute approximate surface area is 181 Å². The molecule has 3 amide bonds. The number of ether oxygens (including phenoxy) is 1. The Bertz CT molecular complexity index is 831. The minimum atomic E-state index is -0.223. The fourth-order valence-corrected chi connectivity index (χ4v) is 3.92. The van der Waals surface area contributed by atoms with Crippen LogP contribution in [0.4, 0.5) is 10.5 Å². The summed E-state index contributed by atoms with van der Waals surface area (Å²) in [7, 11) is 0. The van der Waals surface area contributed by atoms with Gasteiger partial charge in [0.2, 0.25) is 0 Å². The highest BCUT2D eigenvalue weighted by Gasteiger charge is 2.26. The molecule has 1 aromatic carbocycles. The average molecular weight is 432 g/mol. The number of nitrogens with one attached hydrogen (secondary N) is 2. The predicted molar refractivity (Wildman–Crippen MR) is 117 cm³/mol. The third kappa shape index (κ3) is 6.16. The van der Waals surface area contributed by atoms with Crippen molar-refractivity contribution in [2.24, 2.45) is 5.92 Å². The van der Waals surface area contributed by atoms with Gasteiger partial charge in [0.15, 0.2) is 0 Å². The van der Waals surface area contributed by atoms with Crippen LogP contribution in [0.5, 0.6) is 5.75 Å². The molecule has 1 aliphatic rings. The van der Waals surface area contributed by atoms with Gasteiger partial charge in [0.1, 0.15) is 10.6 Å². The van der Waals surface area contributed by atoms with Crippen molar-refractivity contribution in [3.8, 4) is 5.75 Å². The molecule has 1 fully saturated rings. The van der Waals surface area contributed by atoms with E-state index in [2.05, 4.69) is 27.1 Å². The highest BCUT2D eigenvalue weighted by atomic mass is 32.1. The van der Waals surface area contributed by atoms with Crippen LogP contribution in [-0.4, -0.2) is 52.7 Å². The highest BCUT2D eigenvalue weighted by Crippen LogP contribution is 2.21. The number of amides is 3. The highest BCUT2D eigenvalue weighted by molar-refractivity contribution is 7.07. The minimum Gasteiger partial charge on any atom is -0.494 e. The summed E-state index contributed by atoms with van der Waals surface area (Å²) in [4.78, 5) is 27.2. The molecule has 1 aromatic heterocycles. The number of hydrogen-bond donors (Lipinski definition) is 2. The Kier molecular flexibility index (Phi) is 8.01. The van der Waals surface area contributed by atoms with E-state index in [0.29, 0.717) is 42.7 Å². The zero-order valence-corrected chi connectivity index (χ0v) is 18.3. The molecule has 0 saturated carbocycles. The first kappa shape index (κ1) is 22.0. The summed E-state index contributed by atoms with van der Waals surface area (Å²) >= 11 is 1.15. The van der Waals surface area contributed by atoms with E-state index in [1.54, 1.807) is 6.92 Å². The van der Waals surface area contributed by atoms with Gasteiger partial charge in [-0.15, -0.1) is 5.10 Å². The van der Waals surface area contributed by atoms with Crippen molar-refractivity contribution in [2.45, 2.75) is 39.5 Å². The van der Waals surface area contributed by atoms with Crippen molar-refractivity contribution >= 4 is 29.2 Å². The molecule has 2 heterocycles. The molecule has 0 atom stereocenters. The summed E-state index contributed by atoms with van der Waals surface area (Å²) < 4.78 is 9.47. The molecule has 162 valence electrons. The summed E-state index contributed by atoms with van der Waals surface area (Å²) in [5.74, 6) is 1.17. The predicted octanol–water partition coefficient (Wildman–Crippen LogP) is 3.70. The lowest BCUT2D eigenvalue weighted by Crippen LogP contribution is -2.42. The van der Waals surface area contributed by atoms with Crippen LogP contribution >= 0.6 is 11.5 Å². The number of carbonyl (C=O) groups is 2. The number of carbonyl (C=O) groups excluding carboxylic acids is 2. The molecule has 1 saturated heterocycles. The van der Waals surface area contributed by atoms with Crippen LogP contribution in [0.2, 0.25) is 0 Å². The van der Waals surface area contributed by atoms with E-state index in [-0.39, 0.29) is 11.9 Å². The molecule has 8 nitrogen and oxygen atoms in total. The van der Waals surface area contributed by atoms with Crippen molar-refractivity contribution < 1.29 is 14.3 Å². The van der Waals surface area contributed by atoms with Crippen molar-refractivity contribution in [3.63, 3.8) is 0 Å². The van der Waals surface area contributed by atoms with Crippen LogP contribution in [0.25, 0.3) is 0 Å². The first-order valence-electron chi connectivity index (χ1n) is 10.4. The largest absolute Gasteiger partial charge is 0.494 e. The summed E-state index contributed by atoms with van der Waals surface area (Å²) in [6, 6.07) is 7.17. The van der Waals surface area contributed by atoms with E-state index in [4.69, 9.17) is 4.74 Å². The van der Waals surface area contributed by atoms with Gasteiger partial charge in [0.25, 0.3) is 5.91 Å². The topological polar surface area (TPSA) is 96.5 Å². The van der Waals surface area contributed by atoms with Gasteiger partial charge in [-0.25, -0.2) is 4.79 Å². The second kappa shape index (κ2) is 10.9. The monoisotopic (exact) mass is 431 g/mol. The van der Waals surface area contributed by atoms with E-state index in [0.717, 1.165) is 48.7 Å². The summed E-state index contributed by atoms with van der Waals surface area (Å²) in [6.45, 7) is 6.59. The standard InChI is InChI=1S/C21H29N5O3S/c1-3-4-13-29-18-7-5-17(6-8-18)23-21(28)22-14-16-9-11-26(12-10-16)20(27)19-15(2)24-25-30-19/h5-8,16H,3-4,9-14H2,1-2H3,(H2,22,23,28). The zero-order chi connectivity index (χ0) is 21.3. The first-order chi connectivity index (χ1) is 14.6. The zero-order valence-electron chi connectivity index (χ0n) is 17.5. The molecule has 0 aliphatic carbocycles. The van der Waals surface area contributed by atoms with Crippen LogP contribution in [0.15, 0.2) is 24.3 Å². The van der Waals surface area contributed by atoms with Gasteiger partial charge in [-0.1, -0.05) is 17.8 Å². The van der Waals surface area contributed by atoms with Crippen LogP contribution < -0.4 is 15.4 Å². The number of aryl methyl sites for hydroxylation is 1. The van der Waals surface area contributed by atoms with Crippen LogP contribution in [0.3, 0.4) is 0 Å². The van der Waals surface area contributed by atoms with Crippen LogP contribution in [0, 0.1) is 12.8 Å². The third-order valence-corrected chi connectivity index (χ3v) is 5.99. The maximum Gasteiger partial charge on any atom is 0.319 e. The molecule has 9 heteroatoms. The van der Waals surface area contributed by atoms with Gasteiger partial charge in [0.05, 0.1) is 12.3 Å². The molecular formula is C21H29N5O3S. The molecule has 0 radical (unpaired) electrons. The Morgan fingerprint density at radius 1 is 1.23 bits per heavy atom. The molecule has 2 aromatic rings. The van der Waals surface area contributed by atoms with Crippen molar-refractivity contribution in [3.05, 3.63) is 34.8 Å². The molecule has 3 rings (SSSR count). The van der Waals surface area contributed by atoms with Gasteiger partial charge in [-0.05, 0) is 67.9 Å².